The highest BCUT2D eigenvalue weighted by atomic mass is 32.1. The molecule has 0 saturated heterocycles. The Labute approximate surface area is 95.1 Å². The van der Waals surface area contributed by atoms with Crippen LogP contribution < -0.4 is 5.32 Å². The summed E-state index contributed by atoms with van der Waals surface area (Å²) in [6, 6.07) is 11.4. The predicted molar refractivity (Wildman–Crippen MR) is 68.5 cm³/mol. The summed E-state index contributed by atoms with van der Waals surface area (Å²) < 4.78 is 1.39. The number of fused-ring (bicyclic) bond motifs is 1. The minimum absolute atomic E-state index is 0.521. The standard InChI is InChI=1S/C13H17NS/c1-3-6-11(14-2)13-9-10-7-4-5-8-12(10)15-13/h4-5,7-9,11,14H,3,6H2,1-2H3. The molecule has 0 radical (unpaired) electrons. The first-order valence-electron chi connectivity index (χ1n) is 5.51. The smallest absolute Gasteiger partial charge is 0.0412 e. The van der Waals surface area contributed by atoms with Crippen LogP contribution in [0.25, 0.3) is 10.1 Å². The van der Waals surface area contributed by atoms with Crippen molar-refractivity contribution < 1.29 is 0 Å². The minimum atomic E-state index is 0.521. The van der Waals surface area contributed by atoms with Gasteiger partial charge in [0.2, 0.25) is 0 Å². The van der Waals surface area contributed by atoms with Crippen molar-refractivity contribution in [3.63, 3.8) is 0 Å². The van der Waals surface area contributed by atoms with Gasteiger partial charge in [-0.15, -0.1) is 11.3 Å². The van der Waals surface area contributed by atoms with Gasteiger partial charge in [-0.1, -0.05) is 31.5 Å². The summed E-state index contributed by atoms with van der Waals surface area (Å²) in [4.78, 5) is 1.46. The lowest BCUT2D eigenvalue weighted by molar-refractivity contribution is 0.550. The fourth-order valence-electron chi connectivity index (χ4n) is 1.89. The second-order valence-electron chi connectivity index (χ2n) is 3.82. The van der Waals surface area contributed by atoms with E-state index < -0.39 is 0 Å². The van der Waals surface area contributed by atoms with Crippen LogP contribution >= 0.6 is 11.3 Å². The second kappa shape index (κ2) is 4.77. The van der Waals surface area contributed by atoms with E-state index in [1.807, 2.05) is 18.4 Å². The van der Waals surface area contributed by atoms with E-state index in [1.165, 1.54) is 27.8 Å². The van der Waals surface area contributed by atoms with E-state index in [9.17, 15) is 0 Å². The zero-order chi connectivity index (χ0) is 10.7. The van der Waals surface area contributed by atoms with Gasteiger partial charge in [0.1, 0.15) is 0 Å². The molecule has 1 unspecified atom stereocenters. The van der Waals surface area contributed by atoms with Gasteiger partial charge in [-0.25, -0.2) is 0 Å². The van der Waals surface area contributed by atoms with E-state index in [4.69, 9.17) is 0 Å². The second-order valence-corrected chi connectivity index (χ2v) is 4.93. The molecule has 0 aliphatic heterocycles. The van der Waals surface area contributed by atoms with Crippen LogP contribution in [-0.2, 0) is 0 Å². The van der Waals surface area contributed by atoms with Gasteiger partial charge in [-0.2, -0.15) is 0 Å². The molecule has 1 aromatic carbocycles. The normalized spacial score (nSPS) is 13.2. The molecule has 0 spiro atoms. The van der Waals surface area contributed by atoms with E-state index in [0.29, 0.717) is 6.04 Å². The molecule has 1 atom stereocenters. The number of nitrogens with one attached hydrogen (secondary N) is 1. The number of thiophene rings is 1. The molecule has 0 saturated carbocycles. The maximum absolute atomic E-state index is 3.39. The fraction of sp³-hybridized carbons (Fsp3) is 0.385. The summed E-state index contributed by atoms with van der Waals surface area (Å²) in [6.07, 6.45) is 2.43. The summed E-state index contributed by atoms with van der Waals surface area (Å²) in [5.74, 6) is 0. The van der Waals surface area contributed by atoms with E-state index in [1.54, 1.807) is 0 Å². The Morgan fingerprint density at radius 1 is 1.33 bits per heavy atom. The Balaban J connectivity index is 2.34. The van der Waals surface area contributed by atoms with Gasteiger partial charge in [0.25, 0.3) is 0 Å². The average molecular weight is 219 g/mol. The molecule has 0 amide bonds. The fourth-order valence-corrected chi connectivity index (χ4v) is 3.10. The van der Waals surface area contributed by atoms with Crippen LogP contribution in [0.15, 0.2) is 30.3 Å². The van der Waals surface area contributed by atoms with Gasteiger partial charge in [-0.05, 0) is 31.0 Å². The van der Waals surface area contributed by atoms with Crippen molar-refractivity contribution in [3.05, 3.63) is 35.2 Å². The number of benzene rings is 1. The third-order valence-corrected chi connectivity index (χ3v) is 3.94. The molecule has 2 heteroatoms. The minimum Gasteiger partial charge on any atom is -0.312 e. The number of hydrogen-bond donors (Lipinski definition) is 1. The maximum atomic E-state index is 3.39. The molecule has 0 aliphatic carbocycles. The van der Waals surface area contributed by atoms with Crippen molar-refractivity contribution in [2.24, 2.45) is 0 Å². The van der Waals surface area contributed by atoms with E-state index >= 15 is 0 Å². The SMILES string of the molecule is CCCC(NC)c1cc2ccccc2s1. The molecule has 1 N–H and O–H groups in total. The molecular weight excluding hydrogens is 202 g/mol. The molecule has 0 bridgehead atoms. The Kier molecular flexibility index (Phi) is 3.39. The van der Waals surface area contributed by atoms with Crippen molar-refractivity contribution in [2.45, 2.75) is 25.8 Å². The molecule has 1 nitrogen and oxygen atoms in total. The molecule has 2 aromatic rings. The van der Waals surface area contributed by atoms with E-state index in [-0.39, 0.29) is 0 Å². The zero-order valence-corrected chi connectivity index (χ0v) is 10.1. The monoisotopic (exact) mass is 219 g/mol. The predicted octanol–water partition coefficient (Wildman–Crippen LogP) is 3.96. The molecule has 0 fully saturated rings. The summed E-state index contributed by atoms with van der Waals surface area (Å²) >= 11 is 1.91. The van der Waals surface area contributed by atoms with Crippen LogP contribution in [0.3, 0.4) is 0 Å². The summed E-state index contributed by atoms with van der Waals surface area (Å²) in [7, 11) is 2.05. The van der Waals surface area contributed by atoms with Crippen LogP contribution in [0.1, 0.15) is 30.7 Å². The Hall–Kier alpha value is -0.860. The Morgan fingerprint density at radius 3 is 2.80 bits per heavy atom. The molecule has 15 heavy (non-hydrogen) atoms. The lowest BCUT2D eigenvalue weighted by Crippen LogP contribution is -2.14. The van der Waals surface area contributed by atoms with Crippen molar-refractivity contribution in [3.8, 4) is 0 Å². The lowest BCUT2D eigenvalue weighted by atomic mass is 10.1. The molecule has 80 valence electrons. The largest absolute Gasteiger partial charge is 0.312 e. The maximum Gasteiger partial charge on any atom is 0.0412 e. The first-order valence-corrected chi connectivity index (χ1v) is 6.32. The number of hydrogen-bond acceptors (Lipinski definition) is 2. The first-order chi connectivity index (χ1) is 7.35. The zero-order valence-electron chi connectivity index (χ0n) is 9.29. The van der Waals surface area contributed by atoms with Crippen LogP contribution in [0, 0.1) is 0 Å². The van der Waals surface area contributed by atoms with Crippen LogP contribution in [-0.4, -0.2) is 7.05 Å². The number of rotatable bonds is 4. The first kappa shape index (κ1) is 10.7. The Morgan fingerprint density at radius 2 is 2.13 bits per heavy atom. The Bertz CT molecular complexity index is 400. The molecule has 1 heterocycles. The van der Waals surface area contributed by atoms with Gasteiger partial charge in [0.05, 0.1) is 0 Å². The highest BCUT2D eigenvalue weighted by molar-refractivity contribution is 7.19. The molecule has 0 aliphatic rings. The van der Waals surface area contributed by atoms with Crippen molar-refractivity contribution in [1.82, 2.24) is 5.32 Å². The third-order valence-electron chi connectivity index (χ3n) is 2.71. The topological polar surface area (TPSA) is 12.0 Å². The van der Waals surface area contributed by atoms with Gasteiger partial charge < -0.3 is 5.32 Å². The highest BCUT2D eigenvalue weighted by Gasteiger charge is 2.10. The van der Waals surface area contributed by atoms with Crippen LogP contribution in [0.5, 0.6) is 0 Å². The molecule has 1 aromatic heterocycles. The van der Waals surface area contributed by atoms with Gasteiger partial charge in [0, 0.05) is 15.6 Å². The van der Waals surface area contributed by atoms with Crippen molar-refractivity contribution in [2.75, 3.05) is 7.05 Å². The van der Waals surface area contributed by atoms with E-state index in [0.717, 1.165) is 0 Å². The van der Waals surface area contributed by atoms with Crippen molar-refractivity contribution >= 4 is 21.4 Å². The quantitative estimate of drug-likeness (QED) is 0.820. The van der Waals surface area contributed by atoms with Gasteiger partial charge in [-0.3, -0.25) is 0 Å². The van der Waals surface area contributed by atoms with Crippen LogP contribution in [0.2, 0.25) is 0 Å². The summed E-state index contributed by atoms with van der Waals surface area (Å²) in [5, 5.41) is 4.76. The van der Waals surface area contributed by atoms with Crippen LogP contribution in [0.4, 0.5) is 0 Å². The van der Waals surface area contributed by atoms with Crippen molar-refractivity contribution in [1.29, 1.82) is 0 Å². The third kappa shape index (κ3) is 2.21. The van der Waals surface area contributed by atoms with E-state index in [2.05, 4.69) is 42.6 Å². The summed E-state index contributed by atoms with van der Waals surface area (Å²) in [6.45, 7) is 2.23. The lowest BCUT2D eigenvalue weighted by Gasteiger charge is -2.12. The summed E-state index contributed by atoms with van der Waals surface area (Å²) in [5.41, 5.74) is 0. The highest BCUT2D eigenvalue weighted by Crippen LogP contribution is 2.31. The molecular formula is C13H17NS. The molecule has 2 rings (SSSR count). The van der Waals surface area contributed by atoms with Gasteiger partial charge in [0.15, 0.2) is 0 Å². The average Bonchev–Trinajstić information content (AvgIpc) is 2.69. The van der Waals surface area contributed by atoms with Gasteiger partial charge >= 0.3 is 0 Å².